The molecule has 1 N–H and O–H groups in total. The van der Waals surface area contributed by atoms with Crippen LogP contribution in [-0.2, 0) is 9.53 Å². The first-order valence-electron chi connectivity index (χ1n) is 8.67. The molecule has 4 nitrogen and oxygen atoms in total. The molecular formula is C17H34N2O2. The zero-order valence-corrected chi connectivity index (χ0v) is 14.4. The lowest BCUT2D eigenvalue weighted by Crippen LogP contribution is -2.56. The highest BCUT2D eigenvalue weighted by molar-refractivity contribution is 5.80. The number of nitrogens with one attached hydrogen (secondary N) is 1. The van der Waals surface area contributed by atoms with Crippen LogP contribution in [-0.4, -0.2) is 49.7 Å². The molecule has 0 bridgehead atoms. The molecule has 0 radical (unpaired) electrons. The smallest absolute Gasteiger partial charge is 0.326 e. The van der Waals surface area contributed by atoms with Gasteiger partial charge in [0.1, 0.15) is 5.54 Å². The molecule has 0 heterocycles. The highest BCUT2D eigenvalue weighted by Gasteiger charge is 2.42. The van der Waals surface area contributed by atoms with Crippen LogP contribution in [0.2, 0.25) is 0 Å². The average molecular weight is 298 g/mol. The Morgan fingerprint density at radius 3 is 2.33 bits per heavy atom. The van der Waals surface area contributed by atoms with Crippen molar-refractivity contribution in [2.75, 3.05) is 33.3 Å². The van der Waals surface area contributed by atoms with Crippen molar-refractivity contribution in [1.29, 1.82) is 0 Å². The summed E-state index contributed by atoms with van der Waals surface area (Å²) in [7, 11) is 1.51. The number of carbonyl (C=O) groups excluding carboxylic acids is 1. The van der Waals surface area contributed by atoms with Crippen molar-refractivity contribution in [2.45, 2.75) is 64.8 Å². The molecule has 0 atom stereocenters. The lowest BCUT2D eigenvalue weighted by Gasteiger charge is -2.39. The Balaban J connectivity index is 2.54. The molecule has 0 aromatic carbocycles. The third kappa shape index (κ3) is 5.26. The van der Waals surface area contributed by atoms with Gasteiger partial charge in [0.25, 0.3) is 0 Å². The Kier molecular flexibility index (Phi) is 8.27. The number of carbonyl (C=O) groups is 1. The SMILES string of the molecule is CCCC1CCC(NCCN(CC)CC)(C(=O)OC)CC1. The van der Waals surface area contributed by atoms with E-state index >= 15 is 0 Å². The van der Waals surface area contributed by atoms with Crippen molar-refractivity contribution in [3.8, 4) is 0 Å². The molecule has 0 saturated heterocycles. The van der Waals surface area contributed by atoms with E-state index in [9.17, 15) is 4.79 Å². The number of likely N-dealkylation sites (N-methyl/N-ethyl adjacent to an activating group) is 1. The van der Waals surface area contributed by atoms with Crippen molar-refractivity contribution in [1.82, 2.24) is 10.2 Å². The molecular weight excluding hydrogens is 264 g/mol. The summed E-state index contributed by atoms with van der Waals surface area (Å²) in [4.78, 5) is 14.6. The number of esters is 1. The molecule has 21 heavy (non-hydrogen) atoms. The molecule has 1 fully saturated rings. The summed E-state index contributed by atoms with van der Waals surface area (Å²) in [5, 5.41) is 3.53. The number of methoxy groups -OCH3 is 1. The molecule has 0 unspecified atom stereocenters. The minimum absolute atomic E-state index is 0.0722. The average Bonchev–Trinajstić information content (AvgIpc) is 2.53. The largest absolute Gasteiger partial charge is 0.468 e. The second-order valence-corrected chi connectivity index (χ2v) is 6.26. The van der Waals surface area contributed by atoms with Crippen molar-refractivity contribution >= 4 is 5.97 Å². The maximum Gasteiger partial charge on any atom is 0.326 e. The van der Waals surface area contributed by atoms with Gasteiger partial charge >= 0.3 is 5.97 Å². The standard InChI is InChI=1S/C17H34N2O2/c1-5-8-15-9-11-17(12-10-15,16(20)21-4)18-13-14-19(6-2)7-3/h15,18H,5-14H2,1-4H3. The van der Waals surface area contributed by atoms with Crippen LogP contribution in [0.15, 0.2) is 0 Å². The van der Waals surface area contributed by atoms with Gasteiger partial charge in [-0.25, -0.2) is 0 Å². The lowest BCUT2D eigenvalue weighted by molar-refractivity contribution is -0.150. The summed E-state index contributed by atoms with van der Waals surface area (Å²) < 4.78 is 5.08. The molecule has 0 aromatic rings. The van der Waals surface area contributed by atoms with Gasteiger partial charge in [-0.15, -0.1) is 0 Å². The van der Waals surface area contributed by atoms with E-state index in [-0.39, 0.29) is 5.97 Å². The predicted molar refractivity (Wildman–Crippen MR) is 87.4 cm³/mol. The van der Waals surface area contributed by atoms with Gasteiger partial charge in [-0.1, -0.05) is 33.6 Å². The summed E-state index contributed by atoms with van der Waals surface area (Å²) in [6.07, 6.45) is 6.65. The number of hydrogen-bond donors (Lipinski definition) is 1. The van der Waals surface area contributed by atoms with E-state index in [1.165, 1.54) is 20.0 Å². The minimum Gasteiger partial charge on any atom is -0.468 e. The van der Waals surface area contributed by atoms with Crippen molar-refractivity contribution in [3.63, 3.8) is 0 Å². The molecule has 0 spiro atoms. The zero-order chi connectivity index (χ0) is 15.7. The van der Waals surface area contributed by atoms with Gasteiger partial charge in [-0.3, -0.25) is 4.79 Å². The van der Waals surface area contributed by atoms with Crippen LogP contribution in [0.1, 0.15) is 59.3 Å². The van der Waals surface area contributed by atoms with Crippen molar-refractivity contribution in [3.05, 3.63) is 0 Å². The van der Waals surface area contributed by atoms with E-state index in [0.29, 0.717) is 0 Å². The Hall–Kier alpha value is -0.610. The molecule has 1 aliphatic carbocycles. The first kappa shape index (κ1) is 18.4. The second-order valence-electron chi connectivity index (χ2n) is 6.26. The van der Waals surface area contributed by atoms with Crippen LogP contribution < -0.4 is 5.32 Å². The highest BCUT2D eigenvalue weighted by Crippen LogP contribution is 2.35. The van der Waals surface area contributed by atoms with E-state index in [1.54, 1.807) is 0 Å². The van der Waals surface area contributed by atoms with Gasteiger partial charge in [-0.2, -0.15) is 0 Å². The third-order valence-corrected chi connectivity index (χ3v) is 5.02. The molecule has 1 saturated carbocycles. The number of ether oxygens (including phenoxy) is 1. The van der Waals surface area contributed by atoms with Gasteiger partial charge < -0.3 is 15.0 Å². The summed E-state index contributed by atoms with van der Waals surface area (Å²) >= 11 is 0. The van der Waals surface area contributed by atoms with Gasteiger partial charge in [0.15, 0.2) is 0 Å². The number of rotatable bonds is 9. The van der Waals surface area contributed by atoms with Crippen LogP contribution in [0.4, 0.5) is 0 Å². The van der Waals surface area contributed by atoms with E-state index in [0.717, 1.165) is 57.8 Å². The predicted octanol–water partition coefficient (Wildman–Crippen LogP) is 2.82. The molecule has 1 rings (SSSR count). The molecule has 124 valence electrons. The molecule has 4 heteroatoms. The normalized spacial score (nSPS) is 26.0. The minimum atomic E-state index is -0.438. The number of nitrogens with zero attached hydrogens (tertiary/aromatic N) is 1. The highest BCUT2D eigenvalue weighted by atomic mass is 16.5. The van der Waals surface area contributed by atoms with Crippen molar-refractivity contribution in [2.24, 2.45) is 5.92 Å². The Morgan fingerprint density at radius 1 is 1.24 bits per heavy atom. The maximum atomic E-state index is 12.3. The summed E-state index contributed by atoms with van der Waals surface area (Å²) in [5.74, 6) is 0.717. The van der Waals surface area contributed by atoms with Crippen molar-refractivity contribution < 1.29 is 9.53 Å². The quantitative estimate of drug-likeness (QED) is 0.665. The Labute approximate surface area is 130 Å². The van der Waals surface area contributed by atoms with Gasteiger partial charge in [0.05, 0.1) is 7.11 Å². The Morgan fingerprint density at radius 2 is 1.86 bits per heavy atom. The van der Waals surface area contributed by atoms with Crippen LogP contribution in [0.5, 0.6) is 0 Å². The number of hydrogen-bond acceptors (Lipinski definition) is 4. The van der Waals surface area contributed by atoms with Crippen LogP contribution in [0.25, 0.3) is 0 Å². The second kappa shape index (κ2) is 9.42. The van der Waals surface area contributed by atoms with Gasteiger partial charge in [-0.05, 0) is 44.7 Å². The zero-order valence-electron chi connectivity index (χ0n) is 14.4. The van der Waals surface area contributed by atoms with E-state index in [1.807, 2.05) is 0 Å². The maximum absolute atomic E-state index is 12.3. The monoisotopic (exact) mass is 298 g/mol. The first-order chi connectivity index (χ1) is 10.1. The van der Waals surface area contributed by atoms with Gasteiger partial charge in [0.2, 0.25) is 0 Å². The molecule has 0 aromatic heterocycles. The molecule has 0 amide bonds. The van der Waals surface area contributed by atoms with E-state index in [4.69, 9.17) is 4.74 Å². The fourth-order valence-corrected chi connectivity index (χ4v) is 3.51. The third-order valence-electron chi connectivity index (χ3n) is 5.02. The fraction of sp³-hybridized carbons (Fsp3) is 0.941. The van der Waals surface area contributed by atoms with Crippen LogP contribution in [0.3, 0.4) is 0 Å². The molecule has 0 aliphatic heterocycles. The van der Waals surface area contributed by atoms with Gasteiger partial charge in [0, 0.05) is 13.1 Å². The molecule has 1 aliphatic rings. The summed E-state index contributed by atoms with van der Waals surface area (Å²) in [5.41, 5.74) is -0.438. The van der Waals surface area contributed by atoms with Crippen LogP contribution in [0, 0.1) is 5.92 Å². The van der Waals surface area contributed by atoms with Crippen LogP contribution >= 0.6 is 0 Å². The Bertz CT molecular complexity index is 295. The topological polar surface area (TPSA) is 41.6 Å². The van der Waals surface area contributed by atoms with E-state index < -0.39 is 5.54 Å². The van der Waals surface area contributed by atoms with E-state index in [2.05, 4.69) is 31.0 Å². The lowest BCUT2D eigenvalue weighted by atomic mass is 9.75. The summed E-state index contributed by atoms with van der Waals surface area (Å²) in [6.45, 7) is 10.6. The summed E-state index contributed by atoms with van der Waals surface area (Å²) in [6, 6.07) is 0. The first-order valence-corrected chi connectivity index (χ1v) is 8.67. The fourth-order valence-electron chi connectivity index (χ4n) is 3.51.